The second kappa shape index (κ2) is 9.59. The molecule has 0 amide bonds. The van der Waals surface area contributed by atoms with Crippen LogP contribution in [0.3, 0.4) is 0 Å². The highest BCUT2D eigenvalue weighted by molar-refractivity contribution is 5.91. The van der Waals surface area contributed by atoms with Crippen LogP contribution in [0.25, 0.3) is 0 Å². The van der Waals surface area contributed by atoms with Crippen molar-refractivity contribution >= 4 is 11.9 Å². The van der Waals surface area contributed by atoms with Crippen LogP contribution in [0.2, 0.25) is 0 Å². The summed E-state index contributed by atoms with van der Waals surface area (Å²) in [5.74, 6) is -0.951. The summed E-state index contributed by atoms with van der Waals surface area (Å²) in [6.45, 7) is 2.31. The van der Waals surface area contributed by atoms with Crippen LogP contribution in [0.15, 0.2) is 12.2 Å². The van der Waals surface area contributed by atoms with Crippen molar-refractivity contribution in [3.05, 3.63) is 12.2 Å². The molecule has 1 atom stereocenters. The molecule has 1 aliphatic heterocycles. The van der Waals surface area contributed by atoms with Crippen LogP contribution >= 0.6 is 0 Å². The lowest BCUT2D eigenvalue weighted by Gasteiger charge is -2.11. The Morgan fingerprint density at radius 1 is 0.895 bits per heavy atom. The summed E-state index contributed by atoms with van der Waals surface area (Å²) in [6.07, 6.45) is 11.0. The van der Waals surface area contributed by atoms with E-state index >= 15 is 0 Å². The van der Waals surface area contributed by atoms with Gasteiger partial charge in [0.25, 0.3) is 0 Å². The number of esters is 2. The highest BCUT2D eigenvalue weighted by atomic mass is 16.5. The Morgan fingerprint density at radius 2 is 1.47 bits per heavy atom. The Labute approximate surface area is 115 Å². The molecule has 0 radical (unpaired) electrons. The lowest BCUT2D eigenvalue weighted by atomic mass is 10.1. The largest absolute Gasteiger partial charge is 0.463 e. The van der Waals surface area contributed by atoms with E-state index in [1.54, 1.807) is 0 Å². The van der Waals surface area contributed by atoms with Gasteiger partial charge in [0.1, 0.15) is 0 Å². The van der Waals surface area contributed by atoms with Crippen LogP contribution in [0.1, 0.15) is 58.3 Å². The molecule has 0 aromatic heterocycles. The van der Waals surface area contributed by atoms with Crippen LogP contribution in [-0.4, -0.2) is 24.6 Å². The Bertz CT molecular complexity index is 309. The van der Waals surface area contributed by atoms with Gasteiger partial charge in [-0.2, -0.15) is 0 Å². The van der Waals surface area contributed by atoms with E-state index in [0.29, 0.717) is 6.61 Å². The third-order valence-corrected chi connectivity index (χ3v) is 3.17. The van der Waals surface area contributed by atoms with Crippen LogP contribution in [0, 0.1) is 0 Å². The molecule has 1 aliphatic rings. The molecule has 0 saturated heterocycles. The van der Waals surface area contributed by atoms with Crippen molar-refractivity contribution in [2.75, 3.05) is 6.61 Å². The summed E-state index contributed by atoms with van der Waals surface area (Å²) in [7, 11) is 0. The average molecular weight is 268 g/mol. The summed E-state index contributed by atoms with van der Waals surface area (Å²) >= 11 is 0. The first-order valence-corrected chi connectivity index (χ1v) is 7.24. The summed E-state index contributed by atoms with van der Waals surface area (Å²) in [6, 6.07) is 0. The van der Waals surface area contributed by atoms with E-state index < -0.39 is 11.9 Å². The lowest BCUT2D eigenvalue weighted by Crippen LogP contribution is -2.13. The lowest BCUT2D eigenvalue weighted by molar-refractivity contribution is -0.143. The molecule has 1 unspecified atom stereocenters. The van der Waals surface area contributed by atoms with E-state index in [0.717, 1.165) is 37.8 Å². The van der Waals surface area contributed by atoms with Crippen molar-refractivity contribution in [1.29, 1.82) is 0 Å². The second-order valence-corrected chi connectivity index (χ2v) is 5.01. The Morgan fingerprint density at radius 3 is 2.21 bits per heavy atom. The molecule has 19 heavy (non-hydrogen) atoms. The van der Waals surface area contributed by atoms with Gasteiger partial charge in [0, 0.05) is 12.2 Å². The van der Waals surface area contributed by atoms with Gasteiger partial charge >= 0.3 is 11.9 Å². The molecule has 1 rings (SSSR count). The van der Waals surface area contributed by atoms with Crippen LogP contribution in [-0.2, 0) is 19.1 Å². The topological polar surface area (TPSA) is 52.6 Å². The third-order valence-electron chi connectivity index (χ3n) is 3.17. The van der Waals surface area contributed by atoms with Crippen LogP contribution in [0.4, 0.5) is 0 Å². The molecule has 0 spiro atoms. The van der Waals surface area contributed by atoms with Gasteiger partial charge in [-0.3, -0.25) is 0 Å². The molecule has 108 valence electrons. The number of cyclic esters (lactones) is 2. The van der Waals surface area contributed by atoms with Gasteiger partial charge in [0.15, 0.2) is 0 Å². The summed E-state index contributed by atoms with van der Waals surface area (Å²) < 4.78 is 10.2. The molecule has 0 aromatic carbocycles. The van der Waals surface area contributed by atoms with Crippen molar-refractivity contribution in [3.8, 4) is 0 Å². The van der Waals surface area contributed by atoms with Gasteiger partial charge in [-0.25, -0.2) is 9.59 Å². The standard InChI is InChI=1S/C15H24O4/c1-13-9-7-5-3-2-4-6-8-12-18-14(16)10-11-15(17)19-13/h10-11,13H,2-9,12H2,1H3/b11-10-. The fourth-order valence-corrected chi connectivity index (χ4v) is 2.07. The number of carbonyl (C=O) groups is 2. The molecule has 0 bridgehead atoms. The first kappa shape index (κ1) is 15.7. The Hall–Kier alpha value is -1.32. The minimum absolute atomic E-state index is 0.0962. The zero-order valence-corrected chi connectivity index (χ0v) is 11.7. The molecule has 0 fully saturated rings. The van der Waals surface area contributed by atoms with Crippen LogP contribution < -0.4 is 0 Å². The maximum atomic E-state index is 11.4. The first-order chi connectivity index (χ1) is 9.18. The minimum atomic E-state index is -0.475. The molecule has 4 heteroatoms. The zero-order chi connectivity index (χ0) is 13.9. The third kappa shape index (κ3) is 8.41. The fourth-order valence-electron chi connectivity index (χ4n) is 2.07. The zero-order valence-electron chi connectivity index (χ0n) is 11.7. The Balaban J connectivity index is 2.42. The first-order valence-electron chi connectivity index (χ1n) is 7.24. The molecule has 0 aromatic rings. The van der Waals surface area contributed by atoms with Crippen molar-refractivity contribution < 1.29 is 19.1 Å². The van der Waals surface area contributed by atoms with Gasteiger partial charge in [-0.15, -0.1) is 0 Å². The molecular formula is C15H24O4. The van der Waals surface area contributed by atoms with Gasteiger partial charge in [-0.05, 0) is 26.2 Å². The number of ether oxygens (including phenoxy) is 2. The van der Waals surface area contributed by atoms with Crippen molar-refractivity contribution in [2.45, 2.75) is 64.4 Å². The summed E-state index contributed by atoms with van der Waals surface area (Å²) in [5.41, 5.74) is 0. The quantitative estimate of drug-likeness (QED) is 0.633. The highest BCUT2D eigenvalue weighted by Gasteiger charge is 2.08. The molecule has 4 nitrogen and oxygen atoms in total. The monoisotopic (exact) mass is 268 g/mol. The molecular weight excluding hydrogens is 244 g/mol. The van der Waals surface area contributed by atoms with Crippen LogP contribution in [0.5, 0.6) is 0 Å². The summed E-state index contributed by atoms with van der Waals surface area (Å²) in [5, 5.41) is 0. The Kier molecular flexibility index (Phi) is 7.94. The molecule has 1 heterocycles. The second-order valence-electron chi connectivity index (χ2n) is 5.01. The number of hydrogen-bond donors (Lipinski definition) is 0. The predicted molar refractivity (Wildman–Crippen MR) is 72.6 cm³/mol. The average Bonchev–Trinajstić information content (AvgIpc) is 2.37. The van der Waals surface area contributed by atoms with Crippen molar-refractivity contribution in [3.63, 3.8) is 0 Å². The SMILES string of the molecule is CC1CCCCCCCCCOC(=O)/C=C\C(=O)O1. The molecule has 0 aliphatic carbocycles. The highest BCUT2D eigenvalue weighted by Crippen LogP contribution is 2.11. The van der Waals surface area contributed by atoms with E-state index in [1.807, 2.05) is 6.92 Å². The maximum Gasteiger partial charge on any atom is 0.331 e. The molecule has 0 N–H and O–H groups in total. The van der Waals surface area contributed by atoms with Gasteiger partial charge < -0.3 is 9.47 Å². The van der Waals surface area contributed by atoms with Gasteiger partial charge in [-0.1, -0.05) is 32.1 Å². The van der Waals surface area contributed by atoms with E-state index in [2.05, 4.69) is 0 Å². The van der Waals surface area contributed by atoms with E-state index in [-0.39, 0.29) is 6.10 Å². The van der Waals surface area contributed by atoms with E-state index in [1.165, 1.54) is 25.7 Å². The van der Waals surface area contributed by atoms with Crippen molar-refractivity contribution in [2.24, 2.45) is 0 Å². The number of carbonyl (C=O) groups excluding carboxylic acids is 2. The molecule has 0 saturated carbocycles. The van der Waals surface area contributed by atoms with Crippen molar-refractivity contribution in [1.82, 2.24) is 0 Å². The normalized spacial score (nSPS) is 26.3. The van der Waals surface area contributed by atoms with Gasteiger partial charge in [0.2, 0.25) is 0 Å². The van der Waals surface area contributed by atoms with Gasteiger partial charge in [0.05, 0.1) is 12.7 Å². The van der Waals surface area contributed by atoms with E-state index in [9.17, 15) is 9.59 Å². The number of rotatable bonds is 0. The smallest absolute Gasteiger partial charge is 0.331 e. The minimum Gasteiger partial charge on any atom is -0.463 e. The predicted octanol–water partition coefficient (Wildman–Crippen LogP) is 3.15. The number of hydrogen-bond acceptors (Lipinski definition) is 4. The maximum absolute atomic E-state index is 11.4. The fraction of sp³-hybridized carbons (Fsp3) is 0.733. The van der Waals surface area contributed by atoms with E-state index in [4.69, 9.17) is 9.47 Å². The summed E-state index contributed by atoms with van der Waals surface area (Å²) in [4.78, 5) is 22.7.